The van der Waals surface area contributed by atoms with Crippen LogP contribution in [0.25, 0.3) is 10.9 Å². The number of H-pyrrole nitrogens is 1. The number of ether oxygens (including phenoxy) is 3. The van der Waals surface area contributed by atoms with Crippen LogP contribution in [-0.2, 0) is 4.74 Å². The van der Waals surface area contributed by atoms with Gasteiger partial charge in [0.25, 0.3) is 0 Å². The first kappa shape index (κ1) is 12.4. The lowest BCUT2D eigenvalue weighted by Gasteiger charge is -2.11. The van der Waals surface area contributed by atoms with Crippen molar-refractivity contribution in [2.45, 2.75) is 0 Å². The van der Waals surface area contributed by atoms with Crippen LogP contribution in [0.1, 0.15) is 0 Å². The summed E-state index contributed by atoms with van der Waals surface area (Å²) in [7, 11) is 3.15. The minimum atomic E-state index is -0.0505. The monoisotopic (exact) mass is 249 g/mol. The molecule has 1 aromatic heterocycles. The molecule has 0 saturated carbocycles. The lowest BCUT2D eigenvalue weighted by Crippen LogP contribution is -2.06. The predicted octanol–water partition coefficient (Wildman–Crippen LogP) is 1.56. The topological polar surface area (TPSA) is 60.5 Å². The third-order valence-electron chi connectivity index (χ3n) is 2.59. The van der Waals surface area contributed by atoms with Crippen LogP contribution in [-0.4, -0.2) is 32.4 Å². The Bertz CT molecular complexity index is 591. The number of methoxy groups -OCH3 is 2. The van der Waals surface area contributed by atoms with Crippen LogP contribution >= 0.6 is 0 Å². The zero-order valence-corrected chi connectivity index (χ0v) is 10.4. The normalized spacial score (nSPS) is 10.6. The predicted molar refractivity (Wildman–Crippen MR) is 68.5 cm³/mol. The lowest BCUT2D eigenvalue weighted by atomic mass is 10.2. The van der Waals surface area contributed by atoms with E-state index in [1.54, 1.807) is 32.5 Å². The summed E-state index contributed by atoms with van der Waals surface area (Å²) in [6, 6.07) is 4.91. The first-order valence-corrected chi connectivity index (χ1v) is 5.57. The van der Waals surface area contributed by atoms with Gasteiger partial charge >= 0.3 is 0 Å². The molecule has 0 aliphatic heterocycles. The molecule has 96 valence electrons. The Kier molecular flexibility index (Phi) is 3.84. The maximum Gasteiger partial charge on any atom is 0.189 e. The fourth-order valence-corrected chi connectivity index (χ4v) is 1.69. The summed E-state index contributed by atoms with van der Waals surface area (Å²) in [6.45, 7) is 0.919. The number of aromatic nitrogens is 1. The first-order valence-electron chi connectivity index (χ1n) is 5.57. The van der Waals surface area contributed by atoms with Crippen LogP contribution in [0.15, 0.2) is 29.2 Å². The molecule has 2 rings (SSSR count). The highest BCUT2D eigenvalue weighted by molar-refractivity contribution is 5.82. The maximum atomic E-state index is 11.7. The van der Waals surface area contributed by atoms with Crippen LogP contribution in [0.4, 0.5) is 0 Å². The van der Waals surface area contributed by atoms with E-state index in [0.29, 0.717) is 30.1 Å². The van der Waals surface area contributed by atoms with Gasteiger partial charge in [-0.1, -0.05) is 0 Å². The molecule has 1 aromatic carbocycles. The largest absolute Gasteiger partial charge is 0.493 e. The molecule has 2 aromatic rings. The average molecular weight is 249 g/mol. The highest BCUT2D eigenvalue weighted by Gasteiger charge is 2.08. The van der Waals surface area contributed by atoms with E-state index in [4.69, 9.17) is 14.2 Å². The van der Waals surface area contributed by atoms with E-state index in [-0.39, 0.29) is 5.43 Å². The van der Waals surface area contributed by atoms with Crippen molar-refractivity contribution in [3.05, 3.63) is 34.6 Å². The molecule has 0 bridgehead atoms. The third-order valence-corrected chi connectivity index (χ3v) is 2.59. The number of benzene rings is 1. The molecular weight excluding hydrogens is 234 g/mol. The summed E-state index contributed by atoms with van der Waals surface area (Å²) < 4.78 is 15.7. The molecule has 1 heterocycles. The van der Waals surface area contributed by atoms with Crippen molar-refractivity contribution in [2.24, 2.45) is 0 Å². The van der Waals surface area contributed by atoms with Gasteiger partial charge in [0.15, 0.2) is 16.9 Å². The molecule has 0 aliphatic carbocycles. The molecule has 18 heavy (non-hydrogen) atoms. The van der Waals surface area contributed by atoms with Gasteiger partial charge in [0.1, 0.15) is 6.61 Å². The summed E-state index contributed by atoms with van der Waals surface area (Å²) in [5.41, 5.74) is 0.668. The Balaban J connectivity index is 2.43. The summed E-state index contributed by atoms with van der Waals surface area (Å²) in [5.74, 6) is 1.12. The van der Waals surface area contributed by atoms with Crippen molar-refractivity contribution < 1.29 is 14.2 Å². The Morgan fingerprint density at radius 2 is 2.00 bits per heavy atom. The van der Waals surface area contributed by atoms with Gasteiger partial charge in [-0.05, 0) is 6.07 Å². The number of hydrogen-bond acceptors (Lipinski definition) is 4. The van der Waals surface area contributed by atoms with Crippen LogP contribution < -0.4 is 14.9 Å². The van der Waals surface area contributed by atoms with Crippen molar-refractivity contribution in [1.29, 1.82) is 0 Å². The van der Waals surface area contributed by atoms with Crippen LogP contribution in [0.2, 0.25) is 0 Å². The third kappa shape index (κ3) is 2.46. The fourth-order valence-electron chi connectivity index (χ4n) is 1.69. The number of rotatable bonds is 5. The van der Waals surface area contributed by atoms with Gasteiger partial charge in [0.05, 0.1) is 19.2 Å². The Hall–Kier alpha value is -2.01. The second kappa shape index (κ2) is 5.55. The molecule has 1 N–H and O–H groups in total. The number of hydrogen-bond donors (Lipinski definition) is 1. The Morgan fingerprint density at radius 1 is 1.17 bits per heavy atom. The summed E-state index contributed by atoms with van der Waals surface area (Å²) in [5, 5.41) is 0.577. The van der Waals surface area contributed by atoms with E-state index in [2.05, 4.69) is 4.98 Å². The van der Waals surface area contributed by atoms with Crippen molar-refractivity contribution in [3.63, 3.8) is 0 Å². The van der Waals surface area contributed by atoms with Crippen LogP contribution in [0, 0.1) is 0 Å². The van der Waals surface area contributed by atoms with Gasteiger partial charge < -0.3 is 19.2 Å². The molecule has 0 saturated heterocycles. The van der Waals surface area contributed by atoms with E-state index < -0.39 is 0 Å². The van der Waals surface area contributed by atoms with Gasteiger partial charge in [-0.2, -0.15) is 0 Å². The maximum absolute atomic E-state index is 11.7. The zero-order chi connectivity index (χ0) is 13.0. The van der Waals surface area contributed by atoms with Gasteiger partial charge in [-0.25, -0.2) is 0 Å². The fraction of sp³-hybridized carbons (Fsp3) is 0.308. The Labute approximate surface area is 104 Å². The number of nitrogens with one attached hydrogen (secondary N) is 1. The lowest BCUT2D eigenvalue weighted by molar-refractivity contribution is 0.144. The summed E-state index contributed by atoms with van der Waals surface area (Å²) in [4.78, 5) is 14.7. The van der Waals surface area contributed by atoms with Gasteiger partial charge in [0, 0.05) is 30.8 Å². The molecule has 5 heteroatoms. The average Bonchev–Trinajstić information content (AvgIpc) is 2.39. The number of pyridine rings is 1. The van der Waals surface area contributed by atoms with E-state index in [1.807, 2.05) is 0 Å². The quantitative estimate of drug-likeness (QED) is 0.817. The van der Waals surface area contributed by atoms with Crippen molar-refractivity contribution >= 4 is 10.9 Å². The molecule has 0 fully saturated rings. The highest BCUT2D eigenvalue weighted by Crippen LogP contribution is 2.30. The SMILES string of the molecule is COCCOc1cc2[nH]ccc(=O)c2cc1OC. The van der Waals surface area contributed by atoms with E-state index in [0.717, 1.165) is 5.52 Å². The molecule has 5 nitrogen and oxygen atoms in total. The summed E-state index contributed by atoms with van der Waals surface area (Å²) in [6.07, 6.45) is 1.61. The van der Waals surface area contributed by atoms with E-state index in [9.17, 15) is 4.79 Å². The second-order valence-electron chi connectivity index (χ2n) is 3.73. The first-order chi connectivity index (χ1) is 8.76. The Morgan fingerprint density at radius 3 is 2.72 bits per heavy atom. The van der Waals surface area contributed by atoms with Crippen molar-refractivity contribution in [2.75, 3.05) is 27.4 Å². The molecule has 0 radical (unpaired) electrons. The smallest absolute Gasteiger partial charge is 0.189 e. The number of fused-ring (bicyclic) bond motifs is 1. The molecular formula is C13H15NO4. The molecule has 0 unspecified atom stereocenters. The summed E-state index contributed by atoms with van der Waals surface area (Å²) >= 11 is 0. The standard InChI is InChI=1S/C13H15NO4/c1-16-5-6-18-13-8-10-9(7-12(13)17-2)11(15)3-4-14-10/h3-4,7-8H,5-6H2,1-2H3,(H,14,15). The molecule has 0 amide bonds. The van der Waals surface area contributed by atoms with Gasteiger partial charge in [0.2, 0.25) is 0 Å². The van der Waals surface area contributed by atoms with Gasteiger partial charge in [-0.3, -0.25) is 4.79 Å². The minimum absolute atomic E-state index is 0.0505. The highest BCUT2D eigenvalue weighted by atomic mass is 16.5. The van der Waals surface area contributed by atoms with E-state index >= 15 is 0 Å². The molecule has 0 spiro atoms. The number of aromatic amines is 1. The van der Waals surface area contributed by atoms with Crippen LogP contribution in [0.3, 0.4) is 0 Å². The zero-order valence-electron chi connectivity index (χ0n) is 10.4. The van der Waals surface area contributed by atoms with Crippen molar-refractivity contribution in [1.82, 2.24) is 4.98 Å². The second-order valence-corrected chi connectivity index (χ2v) is 3.73. The van der Waals surface area contributed by atoms with E-state index in [1.165, 1.54) is 6.07 Å². The van der Waals surface area contributed by atoms with Crippen LogP contribution in [0.5, 0.6) is 11.5 Å². The molecule has 0 atom stereocenters. The van der Waals surface area contributed by atoms with Crippen molar-refractivity contribution in [3.8, 4) is 11.5 Å². The minimum Gasteiger partial charge on any atom is -0.493 e. The van der Waals surface area contributed by atoms with Gasteiger partial charge in [-0.15, -0.1) is 0 Å². The molecule has 0 aliphatic rings.